The molecular weight excluding hydrogens is 318 g/mol. The summed E-state index contributed by atoms with van der Waals surface area (Å²) in [6.07, 6.45) is 4.32. The van der Waals surface area contributed by atoms with Gasteiger partial charge in [-0.1, -0.05) is 6.07 Å². The Kier molecular flexibility index (Phi) is 3.83. The minimum atomic E-state index is 0.221. The number of ether oxygens (including phenoxy) is 1. The van der Waals surface area contributed by atoms with Crippen molar-refractivity contribution >= 4 is 21.7 Å². The summed E-state index contributed by atoms with van der Waals surface area (Å²) in [5.74, 6) is 0.946. The Hall–Kier alpha value is -1.68. The highest BCUT2D eigenvalue weighted by molar-refractivity contribution is 9.10. The smallest absolute Gasteiger partial charge is 0.163 e. The highest BCUT2D eigenvalue weighted by Crippen LogP contribution is 2.25. The number of hydrogen-bond acceptors (Lipinski definition) is 3. The molecule has 1 heterocycles. The van der Waals surface area contributed by atoms with E-state index in [1.54, 1.807) is 6.20 Å². The van der Waals surface area contributed by atoms with Crippen LogP contribution < -0.4 is 4.74 Å². The average molecular weight is 332 g/mol. The molecule has 1 aliphatic carbocycles. The van der Waals surface area contributed by atoms with E-state index < -0.39 is 0 Å². The van der Waals surface area contributed by atoms with Crippen LogP contribution in [0.5, 0.6) is 5.75 Å². The standard InChI is InChI=1S/C16H14BrNO2/c17-12-5-6-13(18-9-12)10-20-14-7-4-11-2-1-3-16(19)15(11)8-14/h4-9H,1-3,10H2. The van der Waals surface area contributed by atoms with Crippen molar-refractivity contribution in [2.45, 2.75) is 25.9 Å². The van der Waals surface area contributed by atoms with Gasteiger partial charge >= 0.3 is 0 Å². The fourth-order valence-corrected chi connectivity index (χ4v) is 2.58. The summed E-state index contributed by atoms with van der Waals surface area (Å²) >= 11 is 3.35. The molecule has 0 radical (unpaired) electrons. The zero-order valence-electron chi connectivity index (χ0n) is 10.9. The quantitative estimate of drug-likeness (QED) is 0.855. The lowest BCUT2D eigenvalue weighted by atomic mass is 9.90. The number of fused-ring (bicyclic) bond motifs is 1. The highest BCUT2D eigenvalue weighted by atomic mass is 79.9. The molecular formula is C16H14BrNO2. The molecule has 0 spiro atoms. The van der Waals surface area contributed by atoms with Crippen molar-refractivity contribution in [3.05, 3.63) is 57.8 Å². The number of hydrogen-bond donors (Lipinski definition) is 0. The molecule has 0 aliphatic heterocycles. The Labute approximate surface area is 126 Å². The number of Topliss-reactive ketones (excluding diaryl/α,β-unsaturated/α-hetero) is 1. The van der Waals surface area contributed by atoms with Crippen LogP contribution in [0.4, 0.5) is 0 Å². The zero-order valence-corrected chi connectivity index (χ0v) is 12.5. The number of carbonyl (C=O) groups is 1. The predicted octanol–water partition coefficient (Wildman–Crippen LogP) is 3.94. The molecule has 0 fully saturated rings. The molecule has 3 nitrogen and oxygen atoms in total. The highest BCUT2D eigenvalue weighted by Gasteiger charge is 2.17. The van der Waals surface area contributed by atoms with Crippen molar-refractivity contribution in [3.8, 4) is 5.75 Å². The molecule has 0 bridgehead atoms. The van der Waals surface area contributed by atoms with E-state index in [2.05, 4.69) is 20.9 Å². The first-order valence-electron chi connectivity index (χ1n) is 6.62. The van der Waals surface area contributed by atoms with Crippen LogP contribution in [0.1, 0.15) is 34.5 Å². The molecule has 1 aliphatic rings. The van der Waals surface area contributed by atoms with E-state index in [1.807, 2.05) is 30.3 Å². The molecule has 0 saturated carbocycles. The molecule has 1 aromatic heterocycles. The number of halogens is 1. The van der Waals surface area contributed by atoms with Crippen LogP contribution >= 0.6 is 15.9 Å². The van der Waals surface area contributed by atoms with Gasteiger partial charge in [-0.05, 0) is 58.6 Å². The molecule has 0 atom stereocenters. The van der Waals surface area contributed by atoms with Gasteiger partial charge in [0.2, 0.25) is 0 Å². The van der Waals surface area contributed by atoms with Crippen LogP contribution in [0.25, 0.3) is 0 Å². The van der Waals surface area contributed by atoms with Crippen LogP contribution in [0.3, 0.4) is 0 Å². The number of nitrogens with zero attached hydrogens (tertiary/aromatic N) is 1. The van der Waals surface area contributed by atoms with Gasteiger partial charge in [-0.25, -0.2) is 0 Å². The summed E-state index contributed by atoms with van der Waals surface area (Å²) < 4.78 is 6.66. The van der Waals surface area contributed by atoms with Crippen molar-refractivity contribution < 1.29 is 9.53 Å². The number of aryl methyl sites for hydroxylation is 1. The lowest BCUT2D eigenvalue weighted by molar-refractivity contribution is 0.0972. The summed E-state index contributed by atoms with van der Waals surface area (Å²) in [5.41, 5.74) is 2.81. The summed E-state index contributed by atoms with van der Waals surface area (Å²) in [6.45, 7) is 0.403. The van der Waals surface area contributed by atoms with E-state index in [0.717, 1.165) is 39.9 Å². The molecule has 102 valence electrons. The van der Waals surface area contributed by atoms with Gasteiger partial charge in [-0.15, -0.1) is 0 Å². The van der Waals surface area contributed by atoms with Gasteiger partial charge in [0, 0.05) is 22.7 Å². The molecule has 1 aromatic carbocycles. The largest absolute Gasteiger partial charge is 0.487 e. The maximum Gasteiger partial charge on any atom is 0.163 e. The normalized spacial score (nSPS) is 13.9. The van der Waals surface area contributed by atoms with E-state index in [0.29, 0.717) is 13.0 Å². The average Bonchev–Trinajstić information content (AvgIpc) is 2.47. The third-order valence-electron chi connectivity index (χ3n) is 3.41. The second kappa shape index (κ2) is 5.75. The first-order valence-corrected chi connectivity index (χ1v) is 7.41. The maximum absolute atomic E-state index is 11.9. The van der Waals surface area contributed by atoms with Gasteiger partial charge in [-0.2, -0.15) is 0 Å². The molecule has 0 N–H and O–H groups in total. The van der Waals surface area contributed by atoms with E-state index in [9.17, 15) is 4.79 Å². The lowest BCUT2D eigenvalue weighted by Crippen LogP contribution is -2.10. The molecule has 0 saturated heterocycles. The lowest BCUT2D eigenvalue weighted by Gasteiger charge is -2.15. The Morgan fingerprint density at radius 3 is 2.90 bits per heavy atom. The van der Waals surface area contributed by atoms with E-state index in [1.165, 1.54) is 0 Å². The predicted molar refractivity (Wildman–Crippen MR) is 80.0 cm³/mol. The summed E-state index contributed by atoms with van der Waals surface area (Å²) in [4.78, 5) is 16.1. The van der Waals surface area contributed by atoms with E-state index >= 15 is 0 Å². The Morgan fingerprint density at radius 1 is 1.20 bits per heavy atom. The summed E-state index contributed by atoms with van der Waals surface area (Å²) in [6, 6.07) is 9.62. The molecule has 2 aromatic rings. The van der Waals surface area contributed by atoms with Gasteiger partial charge < -0.3 is 4.74 Å². The van der Waals surface area contributed by atoms with Crippen LogP contribution in [0, 0.1) is 0 Å². The van der Waals surface area contributed by atoms with Crippen molar-refractivity contribution in [1.82, 2.24) is 4.98 Å². The second-order valence-electron chi connectivity index (χ2n) is 4.85. The Bertz CT molecular complexity index is 637. The van der Waals surface area contributed by atoms with Gasteiger partial charge in [-0.3, -0.25) is 9.78 Å². The van der Waals surface area contributed by atoms with Gasteiger partial charge in [0.15, 0.2) is 5.78 Å². The number of benzene rings is 1. The molecule has 3 rings (SSSR count). The number of aromatic nitrogens is 1. The van der Waals surface area contributed by atoms with Crippen LogP contribution in [-0.4, -0.2) is 10.8 Å². The summed E-state index contributed by atoms with van der Waals surface area (Å²) in [5, 5.41) is 0. The van der Waals surface area contributed by atoms with Gasteiger partial charge in [0.25, 0.3) is 0 Å². The van der Waals surface area contributed by atoms with Crippen LogP contribution in [0.15, 0.2) is 41.0 Å². The monoisotopic (exact) mass is 331 g/mol. The number of rotatable bonds is 3. The molecule has 0 unspecified atom stereocenters. The number of ketones is 1. The Balaban J connectivity index is 1.73. The third-order valence-corrected chi connectivity index (χ3v) is 3.88. The molecule has 0 amide bonds. The maximum atomic E-state index is 11.9. The van der Waals surface area contributed by atoms with Crippen molar-refractivity contribution in [2.75, 3.05) is 0 Å². The number of carbonyl (C=O) groups excluding carboxylic acids is 1. The van der Waals surface area contributed by atoms with Crippen molar-refractivity contribution in [2.24, 2.45) is 0 Å². The topological polar surface area (TPSA) is 39.2 Å². The van der Waals surface area contributed by atoms with Crippen LogP contribution in [-0.2, 0) is 13.0 Å². The van der Waals surface area contributed by atoms with Gasteiger partial charge in [0.05, 0.1) is 5.69 Å². The summed E-state index contributed by atoms with van der Waals surface area (Å²) in [7, 11) is 0. The molecule has 20 heavy (non-hydrogen) atoms. The van der Waals surface area contributed by atoms with E-state index in [-0.39, 0.29) is 5.78 Å². The first kappa shape index (κ1) is 13.3. The van der Waals surface area contributed by atoms with Gasteiger partial charge in [0.1, 0.15) is 12.4 Å². The fraction of sp³-hybridized carbons (Fsp3) is 0.250. The Morgan fingerprint density at radius 2 is 2.10 bits per heavy atom. The van der Waals surface area contributed by atoms with Crippen molar-refractivity contribution in [1.29, 1.82) is 0 Å². The minimum absolute atomic E-state index is 0.221. The van der Waals surface area contributed by atoms with Crippen molar-refractivity contribution in [3.63, 3.8) is 0 Å². The van der Waals surface area contributed by atoms with E-state index in [4.69, 9.17) is 4.74 Å². The fourth-order valence-electron chi connectivity index (χ4n) is 2.35. The SMILES string of the molecule is O=C1CCCc2ccc(OCc3ccc(Br)cn3)cc21. The number of pyridine rings is 1. The third kappa shape index (κ3) is 2.90. The second-order valence-corrected chi connectivity index (χ2v) is 5.77. The first-order chi connectivity index (χ1) is 9.72. The van der Waals surface area contributed by atoms with Crippen LogP contribution in [0.2, 0.25) is 0 Å². The molecule has 4 heteroatoms. The minimum Gasteiger partial charge on any atom is -0.487 e. The zero-order chi connectivity index (χ0) is 13.9.